The van der Waals surface area contributed by atoms with Crippen molar-refractivity contribution in [3.05, 3.63) is 27.3 Å². The Bertz CT molecular complexity index is 241. The molecule has 0 N–H and O–H groups in total. The first-order valence-electron chi connectivity index (χ1n) is 2.61. The Labute approximate surface area is 80.3 Å². The van der Waals surface area contributed by atoms with Gasteiger partial charge in [0.25, 0.3) is 0 Å². The number of alkyl halides is 1. The fraction of sp³-hybridized carbons (Fsp3) is 0.167. The van der Waals surface area contributed by atoms with Crippen molar-refractivity contribution in [2.24, 2.45) is 0 Å². The molecule has 0 bridgehead atoms. The molecule has 0 aromatic carbocycles. The van der Waals surface area contributed by atoms with Crippen LogP contribution in [0, 0.1) is 9.65 Å². The fourth-order valence-corrected chi connectivity index (χ4v) is 2.12. The minimum absolute atomic E-state index is 0.422. The zero-order valence-corrected chi connectivity index (χ0v) is 8.69. The molecular formula is C6H4BrFIN. The molecule has 0 radical (unpaired) electrons. The molecule has 4 heteroatoms. The highest BCUT2D eigenvalue weighted by Crippen LogP contribution is 2.12. The second-order valence-electron chi connectivity index (χ2n) is 1.72. The number of aromatic nitrogens is 1. The molecule has 54 valence electrons. The third kappa shape index (κ3) is 1.88. The van der Waals surface area contributed by atoms with E-state index in [2.05, 4.69) is 20.9 Å². The van der Waals surface area contributed by atoms with Gasteiger partial charge in [-0.25, -0.2) is 4.98 Å². The number of hydrogen-bond donors (Lipinski definition) is 0. The maximum atomic E-state index is 12.4. The van der Waals surface area contributed by atoms with Crippen molar-refractivity contribution in [2.75, 3.05) is 0 Å². The molecule has 10 heavy (non-hydrogen) atoms. The molecular weight excluding hydrogens is 312 g/mol. The lowest BCUT2D eigenvalue weighted by atomic mass is 10.3. The van der Waals surface area contributed by atoms with Gasteiger partial charge in [-0.3, -0.25) is 0 Å². The molecule has 0 unspecified atom stereocenters. The molecule has 0 spiro atoms. The van der Waals surface area contributed by atoms with Crippen LogP contribution in [0.3, 0.4) is 0 Å². The van der Waals surface area contributed by atoms with E-state index in [1.54, 1.807) is 6.07 Å². The van der Waals surface area contributed by atoms with Crippen molar-refractivity contribution < 1.29 is 4.39 Å². The zero-order chi connectivity index (χ0) is 7.56. The average Bonchev–Trinajstić information content (AvgIpc) is 1.88. The molecule has 0 aliphatic carbocycles. The molecule has 1 nitrogen and oxygen atoms in total. The fourth-order valence-electron chi connectivity index (χ4n) is 0.541. The molecule has 0 amide bonds. The molecule has 1 rings (SSSR count). The van der Waals surface area contributed by atoms with E-state index >= 15 is 0 Å². The van der Waals surface area contributed by atoms with E-state index in [9.17, 15) is 4.39 Å². The smallest absolute Gasteiger partial charge is 0.213 e. The molecule has 1 aromatic heterocycles. The van der Waals surface area contributed by atoms with Crippen molar-refractivity contribution >= 4 is 38.5 Å². The van der Waals surface area contributed by atoms with Crippen molar-refractivity contribution in [1.82, 2.24) is 4.98 Å². The molecule has 0 saturated heterocycles. The lowest BCUT2D eigenvalue weighted by Crippen LogP contribution is -1.91. The maximum absolute atomic E-state index is 12.4. The average molecular weight is 316 g/mol. The van der Waals surface area contributed by atoms with Crippen molar-refractivity contribution in [3.8, 4) is 0 Å². The SMILES string of the molecule is Fc1ccc(CBr)c(I)n1. The first kappa shape index (κ1) is 8.39. The van der Waals surface area contributed by atoms with Gasteiger partial charge in [0.05, 0.1) is 0 Å². The summed E-state index contributed by atoms with van der Waals surface area (Å²) in [6.07, 6.45) is 0. The quantitative estimate of drug-likeness (QED) is 0.441. The van der Waals surface area contributed by atoms with Crippen LogP contribution in [-0.2, 0) is 5.33 Å². The van der Waals surface area contributed by atoms with Crippen LogP contribution >= 0.6 is 38.5 Å². The summed E-state index contributed by atoms with van der Waals surface area (Å²) in [5, 5.41) is 0.721. The third-order valence-corrected chi connectivity index (χ3v) is 2.57. The van der Waals surface area contributed by atoms with Crippen LogP contribution in [0.2, 0.25) is 0 Å². The Kier molecular flexibility index (Phi) is 3.03. The van der Waals surface area contributed by atoms with E-state index in [1.807, 2.05) is 22.6 Å². The molecule has 0 atom stereocenters. The summed E-state index contributed by atoms with van der Waals surface area (Å²) < 4.78 is 13.1. The highest BCUT2D eigenvalue weighted by Gasteiger charge is 1.99. The van der Waals surface area contributed by atoms with Gasteiger partial charge in [0.1, 0.15) is 3.70 Å². The predicted molar refractivity (Wildman–Crippen MR) is 49.5 cm³/mol. The summed E-state index contributed by atoms with van der Waals surface area (Å²) in [4.78, 5) is 3.63. The van der Waals surface area contributed by atoms with E-state index in [-0.39, 0.29) is 0 Å². The first-order valence-corrected chi connectivity index (χ1v) is 4.81. The molecule has 1 aromatic rings. The largest absolute Gasteiger partial charge is 0.213 e. The van der Waals surface area contributed by atoms with E-state index < -0.39 is 5.95 Å². The highest BCUT2D eigenvalue weighted by molar-refractivity contribution is 14.1. The van der Waals surface area contributed by atoms with Crippen LogP contribution in [0.1, 0.15) is 5.56 Å². The highest BCUT2D eigenvalue weighted by atomic mass is 127. The normalized spacial score (nSPS) is 9.90. The predicted octanol–water partition coefficient (Wildman–Crippen LogP) is 2.72. The van der Waals surface area contributed by atoms with Crippen LogP contribution in [-0.4, -0.2) is 4.98 Å². The van der Waals surface area contributed by atoms with Crippen molar-refractivity contribution in [2.45, 2.75) is 5.33 Å². The van der Waals surface area contributed by atoms with Crippen LogP contribution < -0.4 is 0 Å². The van der Waals surface area contributed by atoms with Gasteiger partial charge < -0.3 is 0 Å². The van der Waals surface area contributed by atoms with Gasteiger partial charge in [-0.2, -0.15) is 4.39 Å². The summed E-state index contributed by atoms with van der Waals surface area (Å²) in [6, 6.07) is 3.08. The maximum Gasteiger partial charge on any atom is 0.213 e. The monoisotopic (exact) mass is 315 g/mol. The van der Waals surface area contributed by atoms with Gasteiger partial charge in [-0.05, 0) is 34.2 Å². The van der Waals surface area contributed by atoms with Gasteiger partial charge in [-0.15, -0.1) is 0 Å². The number of hydrogen-bond acceptors (Lipinski definition) is 1. The number of nitrogens with zero attached hydrogens (tertiary/aromatic N) is 1. The molecule has 0 saturated carbocycles. The summed E-state index contributed by atoms with van der Waals surface area (Å²) in [5.74, 6) is -0.422. The summed E-state index contributed by atoms with van der Waals surface area (Å²) in [6.45, 7) is 0. The van der Waals surface area contributed by atoms with Crippen LogP contribution in [0.15, 0.2) is 12.1 Å². The molecule has 0 fully saturated rings. The standard InChI is InChI=1S/C6H4BrFIN/c7-3-4-1-2-5(8)10-6(4)9/h1-2H,3H2. The lowest BCUT2D eigenvalue weighted by molar-refractivity contribution is 0.579. The number of halogens is 3. The van der Waals surface area contributed by atoms with Crippen LogP contribution in [0.5, 0.6) is 0 Å². The summed E-state index contributed by atoms with van der Waals surface area (Å²) >= 11 is 5.27. The Balaban J connectivity index is 3.07. The Morgan fingerprint density at radius 1 is 1.60 bits per heavy atom. The first-order chi connectivity index (χ1) is 4.74. The number of pyridine rings is 1. The minimum Gasteiger partial charge on any atom is -0.213 e. The Hall–Kier alpha value is 0.290. The van der Waals surface area contributed by atoms with Crippen molar-refractivity contribution in [1.29, 1.82) is 0 Å². The number of rotatable bonds is 1. The molecule has 0 aliphatic rings. The topological polar surface area (TPSA) is 12.9 Å². The van der Waals surface area contributed by atoms with Gasteiger partial charge >= 0.3 is 0 Å². The van der Waals surface area contributed by atoms with Crippen molar-refractivity contribution in [3.63, 3.8) is 0 Å². The second kappa shape index (κ2) is 3.61. The summed E-state index contributed by atoms with van der Waals surface area (Å²) in [5.41, 5.74) is 1.02. The Morgan fingerprint density at radius 2 is 2.30 bits per heavy atom. The van der Waals surface area contributed by atoms with Gasteiger partial charge in [-0.1, -0.05) is 22.0 Å². The molecule has 0 aliphatic heterocycles. The van der Waals surface area contributed by atoms with E-state index in [4.69, 9.17) is 0 Å². The Morgan fingerprint density at radius 3 is 2.80 bits per heavy atom. The van der Waals surface area contributed by atoms with E-state index in [1.165, 1.54) is 6.07 Å². The minimum atomic E-state index is -0.422. The van der Waals surface area contributed by atoms with E-state index in [0.717, 1.165) is 14.6 Å². The van der Waals surface area contributed by atoms with E-state index in [0.29, 0.717) is 0 Å². The van der Waals surface area contributed by atoms with Crippen LogP contribution in [0.4, 0.5) is 4.39 Å². The van der Waals surface area contributed by atoms with Gasteiger partial charge in [0.2, 0.25) is 5.95 Å². The molecule has 1 heterocycles. The lowest BCUT2D eigenvalue weighted by Gasteiger charge is -1.96. The third-order valence-electron chi connectivity index (χ3n) is 1.04. The zero-order valence-electron chi connectivity index (χ0n) is 4.94. The van der Waals surface area contributed by atoms with Crippen LogP contribution in [0.25, 0.3) is 0 Å². The van der Waals surface area contributed by atoms with Gasteiger partial charge in [0.15, 0.2) is 0 Å². The van der Waals surface area contributed by atoms with Gasteiger partial charge in [0, 0.05) is 5.33 Å². The second-order valence-corrected chi connectivity index (χ2v) is 3.30. The summed E-state index contributed by atoms with van der Waals surface area (Å²) in [7, 11) is 0.